The summed E-state index contributed by atoms with van der Waals surface area (Å²) in [7, 11) is 0. The van der Waals surface area contributed by atoms with Gasteiger partial charge in [-0.15, -0.1) is 0 Å². The van der Waals surface area contributed by atoms with Gasteiger partial charge in [0.1, 0.15) is 17.1 Å². The lowest BCUT2D eigenvalue weighted by atomic mass is 10.0. The maximum Gasteiger partial charge on any atom is 0.417 e. The molecular formula is C26H19F4N3O2S2. The number of rotatable bonds is 5. The first-order chi connectivity index (χ1) is 17.4. The molecule has 37 heavy (non-hydrogen) atoms. The van der Waals surface area contributed by atoms with Crippen molar-refractivity contribution in [2.45, 2.75) is 25.6 Å². The van der Waals surface area contributed by atoms with Crippen LogP contribution < -0.4 is 14.0 Å². The van der Waals surface area contributed by atoms with Gasteiger partial charge in [-0.3, -0.25) is 9.69 Å². The van der Waals surface area contributed by atoms with Crippen molar-refractivity contribution < 1.29 is 26.5 Å². The number of anilines is 2. The second-order valence-electron chi connectivity index (χ2n) is 8.60. The molecule has 1 heterocycles. The molecule has 1 fully saturated rings. The fourth-order valence-electron chi connectivity index (χ4n) is 4.10. The number of carbonyl (C=O) groups is 1. The van der Waals surface area contributed by atoms with Crippen molar-refractivity contribution in [3.05, 3.63) is 77.6 Å². The predicted octanol–water partition coefficient (Wildman–Crippen LogP) is 6.96. The van der Waals surface area contributed by atoms with Gasteiger partial charge in [0.2, 0.25) is 0 Å². The molecule has 1 amide bonds. The van der Waals surface area contributed by atoms with E-state index in [1.165, 1.54) is 55.1 Å². The van der Waals surface area contributed by atoms with Crippen molar-refractivity contribution in [1.29, 1.82) is 5.26 Å². The summed E-state index contributed by atoms with van der Waals surface area (Å²) in [4.78, 5) is 15.6. The molecule has 3 aromatic carbocycles. The zero-order valence-electron chi connectivity index (χ0n) is 19.8. The van der Waals surface area contributed by atoms with Gasteiger partial charge in [-0.25, -0.2) is 4.39 Å². The van der Waals surface area contributed by atoms with E-state index in [-0.39, 0.29) is 16.5 Å². The van der Waals surface area contributed by atoms with Crippen LogP contribution >= 0.6 is 24.3 Å². The van der Waals surface area contributed by atoms with Gasteiger partial charge in [0.15, 0.2) is 5.11 Å². The van der Waals surface area contributed by atoms with Crippen molar-refractivity contribution >= 4 is 46.7 Å². The van der Waals surface area contributed by atoms with E-state index in [9.17, 15) is 18.0 Å². The molecule has 0 atom stereocenters. The van der Waals surface area contributed by atoms with Crippen LogP contribution in [0.4, 0.5) is 28.9 Å². The molecule has 3 aromatic rings. The number of alkyl halides is 3. The predicted molar refractivity (Wildman–Crippen MR) is 139 cm³/mol. The highest BCUT2D eigenvalue weighted by atomic mass is 32.2. The normalized spacial score (nSPS) is 15.2. The molecule has 11 heteroatoms. The van der Waals surface area contributed by atoms with Crippen LogP contribution in [-0.4, -0.2) is 22.8 Å². The molecule has 0 aliphatic carbocycles. The third-order valence-electron chi connectivity index (χ3n) is 5.91. The van der Waals surface area contributed by atoms with E-state index in [0.717, 1.165) is 16.5 Å². The SMILES string of the molecule is CSOc1ccc(-c2ccc(N3C(=S)N(c4ccc(C#N)c(C(F)(F)F)c4)C(=O)C3(C)C)c(F)c2)cc1. The molecule has 0 N–H and O–H groups in total. The first-order valence-electron chi connectivity index (χ1n) is 10.8. The van der Waals surface area contributed by atoms with Crippen LogP contribution in [0.3, 0.4) is 0 Å². The second kappa shape index (κ2) is 9.68. The maximum absolute atomic E-state index is 15.4. The minimum Gasteiger partial charge on any atom is -0.426 e. The number of halogens is 4. The van der Waals surface area contributed by atoms with Crippen LogP contribution in [-0.2, 0) is 11.0 Å². The van der Waals surface area contributed by atoms with Gasteiger partial charge in [0, 0.05) is 6.26 Å². The number of nitriles is 1. The van der Waals surface area contributed by atoms with Gasteiger partial charge in [0.25, 0.3) is 5.91 Å². The van der Waals surface area contributed by atoms with E-state index in [2.05, 4.69) is 0 Å². The van der Waals surface area contributed by atoms with E-state index in [0.29, 0.717) is 17.4 Å². The number of nitrogens with zero attached hydrogens (tertiary/aromatic N) is 3. The van der Waals surface area contributed by atoms with Gasteiger partial charge >= 0.3 is 6.18 Å². The Morgan fingerprint density at radius 3 is 2.24 bits per heavy atom. The molecule has 1 aliphatic heterocycles. The number of carbonyl (C=O) groups excluding carboxylic acids is 1. The van der Waals surface area contributed by atoms with E-state index in [4.69, 9.17) is 21.7 Å². The second-order valence-corrected chi connectivity index (χ2v) is 9.46. The number of hydrogen-bond donors (Lipinski definition) is 0. The highest BCUT2D eigenvalue weighted by Crippen LogP contribution is 2.41. The molecule has 1 aliphatic rings. The molecule has 5 nitrogen and oxygen atoms in total. The smallest absolute Gasteiger partial charge is 0.417 e. The fraction of sp³-hybridized carbons (Fsp3) is 0.192. The van der Waals surface area contributed by atoms with Crippen LogP contribution in [0, 0.1) is 17.1 Å². The minimum atomic E-state index is -4.82. The summed E-state index contributed by atoms with van der Waals surface area (Å²) in [5.41, 5.74) is -2.03. The first-order valence-corrected chi connectivity index (χ1v) is 12.4. The van der Waals surface area contributed by atoms with Gasteiger partial charge in [-0.05, 0) is 79.7 Å². The Kier molecular flexibility index (Phi) is 6.92. The summed E-state index contributed by atoms with van der Waals surface area (Å²) in [6.07, 6.45) is -3.03. The van der Waals surface area contributed by atoms with E-state index < -0.39 is 34.6 Å². The monoisotopic (exact) mass is 545 g/mol. The Balaban J connectivity index is 1.72. The summed E-state index contributed by atoms with van der Waals surface area (Å²) >= 11 is 6.68. The molecule has 0 aromatic heterocycles. The summed E-state index contributed by atoms with van der Waals surface area (Å²) in [5, 5.41) is 8.89. The Morgan fingerprint density at radius 1 is 1.03 bits per heavy atom. The molecule has 0 saturated carbocycles. The average molecular weight is 546 g/mol. The van der Waals surface area contributed by atoms with E-state index >= 15 is 4.39 Å². The molecule has 190 valence electrons. The van der Waals surface area contributed by atoms with Crippen LogP contribution in [0.25, 0.3) is 11.1 Å². The Bertz CT molecular complexity index is 1430. The fourth-order valence-corrected chi connectivity index (χ4v) is 4.92. The Labute approximate surface area is 220 Å². The lowest BCUT2D eigenvalue weighted by Crippen LogP contribution is -2.44. The summed E-state index contributed by atoms with van der Waals surface area (Å²) in [6, 6.07) is 15.9. The third-order valence-corrected chi connectivity index (χ3v) is 6.64. The standard InChI is InChI=1S/C26H19F4N3O2S2/c1-25(2)23(34)32(18-8-4-17(14-31)20(13-18)26(28,29)30)24(36)33(25)22-11-7-16(12-21(22)27)15-5-9-19(10-6-15)35-37-3/h4-13H,1-3H3. The van der Waals surface area contributed by atoms with Crippen LogP contribution in [0.15, 0.2) is 60.7 Å². The lowest BCUT2D eigenvalue weighted by molar-refractivity contribution is -0.137. The summed E-state index contributed by atoms with van der Waals surface area (Å²) in [5.74, 6) is -0.654. The topological polar surface area (TPSA) is 56.6 Å². The largest absolute Gasteiger partial charge is 0.426 e. The molecule has 0 radical (unpaired) electrons. The summed E-state index contributed by atoms with van der Waals surface area (Å²) < 4.78 is 61.4. The molecule has 0 spiro atoms. The molecular weight excluding hydrogens is 526 g/mol. The van der Waals surface area contributed by atoms with E-state index in [1.807, 2.05) is 0 Å². The Hall–Kier alpha value is -3.62. The highest BCUT2D eigenvalue weighted by molar-refractivity contribution is 7.94. The third kappa shape index (κ3) is 4.74. The van der Waals surface area contributed by atoms with Crippen molar-refractivity contribution in [3.63, 3.8) is 0 Å². The molecule has 4 rings (SSSR count). The number of hydrogen-bond acceptors (Lipinski definition) is 5. The van der Waals surface area contributed by atoms with Crippen LogP contribution in [0.1, 0.15) is 25.0 Å². The van der Waals surface area contributed by atoms with Crippen molar-refractivity contribution in [1.82, 2.24) is 0 Å². The maximum atomic E-state index is 15.4. The summed E-state index contributed by atoms with van der Waals surface area (Å²) in [6.45, 7) is 3.02. The van der Waals surface area contributed by atoms with Gasteiger partial charge in [-0.2, -0.15) is 18.4 Å². The van der Waals surface area contributed by atoms with Crippen LogP contribution in [0.2, 0.25) is 0 Å². The molecule has 1 saturated heterocycles. The zero-order valence-corrected chi connectivity index (χ0v) is 21.4. The lowest BCUT2D eigenvalue weighted by Gasteiger charge is -2.30. The highest BCUT2D eigenvalue weighted by Gasteiger charge is 2.51. The van der Waals surface area contributed by atoms with Crippen LogP contribution in [0.5, 0.6) is 5.75 Å². The van der Waals surface area contributed by atoms with Crippen molar-refractivity contribution in [2.24, 2.45) is 0 Å². The van der Waals surface area contributed by atoms with Gasteiger partial charge in [-0.1, -0.05) is 18.2 Å². The first kappa shape index (κ1) is 26.4. The average Bonchev–Trinajstić information content (AvgIpc) is 3.02. The molecule has 0 bridgehead atoms. The number of benzene rings is 3. The van der Waals surface area contributed by atoms with Gasteiger partial charge < -0.3 is 9.08 Å². The van der Waals surface area contributed by atoms with Crippen molar-refractivity contribution in [2.75, 3.05) is 16.1 Å². The molecule has 0 unspecified atom stereocenters. The minimum absolute atomic E-state index is 0.00151. The Morgan fingerprint density at radius 2 is 1.68 bits per heavy atom. The van der Waals surface area contributed by atoms with E-state index in [1.54, 1.807) is 36.6 Å². The quantitative estimate of drug-likeness (QED) is 0.196. The number of thiocarbonyl (C=S) groups is 1. The zero-order chi connectivity index (χ0) is 27.1. The number of amides is 1. The van der Waals surface area contributed by atoms with Crippen molar-refractivity contribution in [3.8, 4) is 22.9 Å². The van der Waals surface area contributed by atoms with Gasteiger partial charge in [0.05, 0.1) is 40.6 Å².